The minimum absolute atomic E-state index is 0.0780. The van der Waals surface area contributed by atoms with Crippen molar-refractivity contribution in [2.24, 2.45) is 17.8 Å². The number of fused-ring (bicyclic) bond motifs is 2. The number of aliphatic hydroxyl groups excluding tert-OH is 1. The quantitative estimate of drug-likeness (QED) is 0.495. The normalized spacial score (nSPS) is 35.6. The molecule has 170 valence electrons. The van der Waals surface area contributed by atoms with Crippen molar-refractivity contribution in [3.05, 3.63) is 24.3 Å². The third-order valence-corrected chi connectivity index (χ3v) is 7.03. The van der Waals surface area contributed by atoms with Crippen molar-refractivity contribution in [3.8, 4) is 0 Å². The van der Waals surface area contributed by atoms with E-state index in [1.807, 2.05) is 26.0 Å². The van der Waals surface area contributed by atoms with Gasteiger partial charge in [-0.2, -0.15) is 0 Å². The van der Waals surface area contributed by atoms with Crippen LogP contribution in [0.25, 0.3) is 0 Å². The lowest BCUT2D eigenvalue weighted by Crippen LogP contribution is -2.59. The van der Waals surface area contributed by atoms with E-state index in [-0.39, 0.29) is 30.9 Å². The van der Waals surface area contributed by atoms with Gasteiger partial charge in [0.15, 0.2) is 0 Å². The highest BCUT2D eigenvalue weighted by atomic mass is 16.6. The van der Waals surface area contributed by atoms with Crippen molar-refractivity contribution in [1.82, 2.24) is 9.80 Å². The Morgan fingerprint density at radius 2 is 2.00 bits per heavy atom. The zero-order chi connectivity index (χ0) is 22.3. The fraction of sp³-hybridized carbons (Fsp3) is 0.696. The summed E-state index contributed by atoms with van der Waals surface area (Å²) < 4.78 is 11.7. The predicted octanol–water partition coefficient (Wildman–Crippen LogP) is 0.896. The van der Waals surface area contributed by atoms with Crippen molar-refractivity contribution < 1.29 is 29.0 Å². The number of nitrogens with zero attached hydrogens (tertiary/aromatic N) is 2. The largest absolute Gasteiger partial charge is 0.461 e. The second kappa shape index (κ2) is 8.39. The maximum atomic E-state index is 13.8. The molecule has 6 atom stereocenters. The van der Waals surface area contributed by atoms with Gasteiger partial charge in [-0.15, -0.1) is 0 Å². The molecule has 0 saturated carbocycles. The number of esters is 1. The molecule has 4 aliphatic rings. The smallest absolute Gasteiger partial charge is 0.313 e. The van der Waals surface area contributed by atoms with Gasteiger partial charge >= 0.3 is 5.97 Å². The molecule has 4 aliphatic heterocycles. The molecule has 31 heavy (non-hydrogen) atoms. The fourth-order valence-electron chi connectivity index (χ4n) is 5.48. The Hall–Kier alpha value is -2.19. The van der Waals surface area contributed by atoms with Gasteiger partial charge in [0.25, 0.3) is 0 Å². The minimum Gasteiger partial charge on any atom is -0.461 e. The average molecular weight is 433 g/mol. The summed E-state index contributed by atoms with van der Waals surface area (Å²) in [7, 11) is 0. The number of carbonyl (C=O) groups is 3. The summed E-state index contributed by atoms with van der Waals surface area (Å²) >= 11 is 0. The van der Waals surface area contributed by atoms with Gasteiger partial charge in [0, 0.05) is 13.1 Å². The lowest BCUT2D eigenvalue weighted by Gasteiger charge is -2.39. The Bertz CT molecular complexity index is 808. The average Bonchev–Trinajstić information content (AvgIpc) is 3.03. The summed E-state index contributed by atoms with van der Waals surface area (Å²) in [4.78, 5) is 43.7. The van der Waals surface area contributed by atoms with Gasteiger partial charge in [-0.05, 0) is 18.4 Å². The summed E-state index contributed by atoms with van der Waals surface area (Å²) in [5.74, 6) is -2.76. The number of rotatable bonds is 6. The van der Waals surface area contributed by atoms with E-state index in [0.29, 0.717) is 13.1 Å². The van der Waals surface area contributed by atoms with Crippen molar-refractivity contribution >= 4 is 17.8 Å². The van der Waals surface area contributed by atoms with E-state index < -0.39 is 41.6 Å². The van der Waals surface area contributed by atoms with Crippen LogP contribution < -0.4 is 0 Å². The van der Waals surface area contributed by atoms with Crippen LogP contribution in [0.15, 0.2) is 24.3 Å². The number of carbonyl (C=O) groups excluding carboxylic acids is 3. The van der Waals surface area contributed by atoms with E-state index in [9.17, 15) is 19.5 Å². The Morgan fingerprint density at radius 1 is 1.23 bits per heavy atom. The lowest BCUT2D eigenvalue weighted by molar-refractivity contribution is -0.155. The van der Waals surface area contributed by atoms with Crippen LogP contribution in [-0.2, 0) is 23.9 Å². The number of amides is 2. The fourth-order valence-corrected chi connectivity index (χ4v) is 5.48. The zero-order valence-electron chi connectivity index (χ0n) is 18.4. The van der Waals surface area contributed by atoms with Crippen LogP contribution in [0.2, 0.25) is 0 Å². The summed E-state index contributed by atoms with van der Waals surface area (Å²) in [5.41, 5.74) is -1.26. The Kier molecular flexibility index (Phi) is 5.96. The number of cyclic esters (lactones) is 1. The van der Waals surface area contributed by atoms with Crippen LogP contribution >= 0.6 is 0 Å². The summed E-state index contributed by atoms with van der Waals surface area (Å²) in [6.45, 7) is 6.76. The number of hydrogen-bond acceptors (Lipinski definition) is 6. The predicted molar refractivity (Wildman–Crippen MR) is 112 cm³/mol. The standard InChI is InChI=1S/C23H32N2O6/c1-4-5-10-24-11-7-9-23-18(17-16(31-23)8-6-12-30-22(17)29)20(27)25(19(23)21(24)28)15(13-26)14(2)3/h6-9,14-19,26H,4-5,10-13H2,1-3H3/t15?,16-,17+,18+,19-,23?/m1/s1. The molecule has 8 nitrogen and oxygen atoms in total. The molecule has 0 bridgehead atoms. The maximum absolute atomic E-state index is 13.8. The summed E-state index contributed by atoms with van der Waals surface area (Å²) in [5, 5.41) is 10.1. The van der Waals surface area contributed by atoms with Crippen LogP contribution in [0.3, 0.4) is 0 Å². The van der Waals surface area contributed by atoms with Gasteiger partial charge in [0.05, 0.1) is 24.7 Å². The SMILES string of the molecule is CCCCN1CC=CC23O[C@@H]4C=CCOC(=O)[C@@H]4[C@H]2C(=O)N(C(CO)C(C)C)[C@@H]3C1=O. The maximum Gasteiger partial charge on any atom is 0.313 e. The van der Waals surface area contributed by atoms with Crippen LogP contribution in [-0.4, -0.2) is 82.8 Å². The molecule has 2 unspecified atom stereocenters. The molecule has 4 heterocycles. The number of aliphatic hydroxyl groups is 1. The first-order valence-corrected chi connectivity index (χ1v) is 11.3. The topological polar surface area (TPSA) is 96.4 Å². The Balaban J connectivity index is 1.84. The van der Waals surface area contributed by atoms with E-state index in [0.717, 1.165) is 12.8 Å². The molecule has 1 N–H and O–H groups in total. The van der Waals surface area contributed by atoms with Crippen LogP contribution in [0, 0.1) is 17.8 Å². The zero-order valence-corrected chi connectivity index (χ0v) is 18.4. The first-order chi connectivity index (χ1) is 14.9. The van der Waals surface area contributed by atoms with Gasteiger partial charge in [-0.3, -0.25) is 14.4 Å². The molecule has 2 amide bonds. The second-order valence-electron chi connectivity index (χ2n) is 9.18. The van der Waals surface area contributed by atoms with Crippen molar-refractivity contribution in [2.45, 2.75) is 57.4 Å². The minimum atomic E-state index is -1.26. The van der Waals surface area contributed by atoms with E-state index in [4.69, 9.17) is 9.47 Å². The molecule has 4 rings (SSSR count). The van der Waals surface area contributed by atoms with E-state index in [1.54, 1.807) is 17.1 Å². The van der Waals surface area contributed by atoms with Gasteiger partial charge in [0.1, 0.15) is 24.2 Å². The molecule has 0 aromatic carbocycles. The molecule has 0 radical (unpaired) electrons. The molecule has 0 aromatic heterocycles. The van der Waals surface area contributed by atoms with E-state index >= 15 is 0 Å². The van der Waals surface area contributed by atoms with Gasteiger partial charge < -0.3 is 24.4 Å². The number of unbranched alkanes of at least 4 members (excludes halogenated alkanes) is 1. The molecule has 1 spiro atoms. The monoisotopic (exact) mass is 432 g/mol. The Morgan fingerprint density at radius 3 is 2.68 bits per heavy atom. The second-order valence-corrected chi connectivity index (χ2v) is 9.18. The molecule has 2 fully saturated rings. The highest BCUT2D eigenvalue weighted by Crippen LogP contribution is 2.54. The van der Waals surface area contributed by atoms with E-state index in [1.165, 1.54) is 4.90 Å². The van der Waals surface area contributed by atoms with Crippen LogP contribution in [0.5, 0.6) is 0 Å². The van der Waals surface area contributed by atoms with E-state index in [2.05, 4.69) is 6.92 Å². The van der Waals surface area contributed by atoms with Crippen molar-refractivity contribution in [3.63, 3.8) is 0 Å². The van der Waals surface area contributed by atoms with Crippen LogP contribution in [0.4, 0.5) is 0 Å². The highest BCUT2D eigenvalue weighted by Gasteiger charge is 2.72. The van der Waals surface area contributed by atoms with Gasteiger partial charge in [-0.1, -0.05) is 45.4 Å². The molecular formula is C23H32N2O6. The molecule has 8 heteroatoms. The number of likely N-dealkylation sites (tertiary alicyclic amines) is 1. The van der Waals surface area contributed by atoms with Crippen molar-refractivity contribution in [2.75, 3.05) is 26.3 Å². The number of ether oxygens (including phenoxy) is 2. The van der Waals surface area contributed by atoms with Crippen LogP contribution in [0.1, 0.15) is 33.6 Å². The lowest BCUT2D eigenvalue weighted by atomic mass is 9.78. The first-order valence-electron chi connectivity index (χ1n) is 11.3. The molecule has 2 saturated heterocycles. The molecule has 0 aliphatic carbocycles. The molecule has 0 aromatic rings. The van der Waals surface area contributed by atoms with Gasteiger partial charge in [-0.25, -0.2) is 0 Å². The van der Waals surface area contributed by atoms with Gasteiger partial charge in [0.2, 0.25) is 11.8 Å². The summed E-state index contributed by atoms with van der Waals surface area (Å²) in [6, 6.07) is -1.48. The third kappa shape index (κ3) is 3.31. The summed E-state index contributed by atoms with van der Waals surface area (Å²) in [6.07, 6.45) is 8.34. The first kappa shape index (κ1) is 22.0. The molecular weight excluding hydrogens is 400 g/mol. The van der Waals surface area contributed by atoms with Crippen molar-refractivity contribution in [1.29, 1.82) is 0 Å². The Labute approximate surface area is 182 Å². The highest BCUT2D eigenvalue weighted by molar-refractivity contribution is 5.99. The third-order valence-electron chi connectivity index (χ3n) is 7.03. The number of hydrogen-bond donors (Lipinski definition) is 1.